The zero-order chi connectivity index (χ0) is 17.5. The van der Waals surface area contributed by atoms with Gasteiger partial charge in [-0.1, -0.05) is 24.3 Å². The van der Waals surface area contributed by atoms with Gasteiger partial charge in [-0.3, -0.25) is 9.58 Å². The highest BCUT2D eigenvalue weighted by molar-refractivity contribution is 5.86. The molecule has 6 heteroatoms. The minimum Gasteiger partial charge on any atom is -0.353 e. The lowest BCUT2D eigenvalue weighted by Gasteiger charge is -2.42. The molecule has 0 N–H and O–H groups in total. The van der Waals surface area contributed by atoms with Gasteiger partial charge in [-0.05, 0) is 30.4 Å². The van der Waals surface area contributed by atoms with Crippen LogP contribution in [0.5, 0.6) is 0 Å². The summed E-state index contributed by atoms with van der Waals surface area (Å²) in [7, 11) is 1.93. The van der Waals surface area contributed by atoms with Crippen molar-refractivity contribution in [3.8, 4) is 0 Å². The fourth-order valence-corrected chi connectivity index (χ4v) is 4.55. The molecule has 0 unspecified atom stereocenters. The third kappa shape index (κ3) is 2.56. The van der Waals surface area contributed by atoms with Gasteiger partial charge in [-0.25, -0.2) is 9.97 Å². The van der Waals surface area contributed by atoms with Crippen LogP contribution in [0.3, 0.4) is 0 Å². The number of anilines is 1. The molecule has 1 aliphatic heterocycles. The van der Waals surface area contributed by atoms with Crippen LogP contribution in [0.25, 0.3) is 11.0 Å². The standard InChI is InChI=1S/C20H24N6/c1-24-19-17(13-23-24)20(22-14-21-19)26-11-9-25(10-12-26)18-8-4-6-15-5-2-3-7-16(15)18/h2-3,5,7,13-14,18H,4,6,8-12H2,1H3/t18-/m1/s1. The third-order valence-corrected chi connectivity index (χ3v) is 5.90. The summed E-state index contributed by atoms with van der Waals surface area (Å²) in [5.41, 5.74) is 3.99. The van der Waals surface area contributed by atoms with Crippen molar-refractivity contribution in [3.05, 3.63) is 47.9 Å². The van der Waals surface area contributed by atoms with E-state index in [0.29, 0.717) is 6.04 Å². The summed E-state index contributed by atoms with van der Waals surface area (Å²) in [6, 6.07) is 9.57. The van der Waals surface area contributed by atoms with Crippen molar-refractivity contribution in [2.45, 2.75) is 25.3 Å². The van der Waals surface area contributed by atoms with Crippen molar-refractivity contribution in [3.63, 3.8) is 0 Å². The zero-order valence-electron chi connectivity index (χ0n) is 15.2. The van der Waals surface area contributed by atoms with Gasteiger partial charge in [-0.15, -0.1) is 0 Å². The Balaban J connectivity index is 1.35. The second-order valence-corrected chi connectivity index (χ2v) is 7.33. The molecule has 2 aromatic heterocycles. The van der Waals surface area contributed by atoms with E-state index in [4.69, 9.17) is 0 Å². The molecule has 134 valence electrons. The topological polar surface area (TPSA) is 50.1 Å². The minimum atomic E-state index is 0.575. The Kier molecular flexibility index (Phi) is 3.85. The van der Waals surface area contributed by atoms with Crippen molar-refractivity contribution in [2.24, 2.45) is 7.05 Å². The predicted octanol–water partition coefficient (Wildman–Crippen LogP) is 2.56. The van der Waals surface area contributed by atoms with Crippen molar-refractivity contribution in [1.82, 2.24) is 24.6 Å². The van der Waals surface area contributed by atoms with Gasteiger partial charge in [-0.2, -0.15) is 5.10 Å². The fraction of sp³-hybridized carbons (Fsp3) is 0.450. The Morgan fingerprint density at radius 2 is 1.88 bits per heavy atom. The van der Waals surface area contributed by atoms with E-state index in [1.54, 1.807) is 17.5 Å². The molecule has 0 radical (unpaired) electrons. The van der Waals surface area contributed by atoms with E-state index in [0.717, 1.165) is 43.0 Å². The average molecular weight is 348 g/mol. The SMILES string of the molecule is Cn1ncc2c(N3CCN([C@@H]4CCCc5ccccc54)CC3)ncnc21. The van der Waals surface area contributed by atoms with Crippen molar-refractivity contribution in [1.29, 1.82) is 0 Å². The van der Waals surface area contributed by atoms with Gasteiger partial charge < -0.3 is 4.90 Å². The summed E-state index contributed by atoms with van der Waals surface area (Å²) in [5.74, 6) is 1.02. The molecular weight excluding hydrogens is 324 g/mol. The Bertz CT molecular complexity index is 925. The van der Waals surface area contributed by atoms with E-state index in [1.807, 2.05) is 17.9 Å². The molecule has 0 saturated carbocycles. The molecule has 0 amide bonds. The van der Waals surface area contributed by atoms with E-state index >= 15 is 0 Å². The summed E-state index contributed by atoms with van der Waals surface area (Å²) in [6.07, 6.45) is 7.34. The van der Waals surface area contributed by atoms with Gasteiger partial charge in [0.1, 0.15) is 12.1 Å². The zero-order valence-corrected chi connectivity index (χ0v) is 15.2. The van der Waals surface area contributed by atoms with E-state index in [1.165, 1.54) is 19.3 Å². The molecule has 0 bridgehead atoms. The van der Waals surface area contributed by atoms with Crippen LogP contribution in [0.2, 0.25) is 0 Å². The molecule has 1 fully saturated rings. The number of piperazine rings is 1. The lowest BCUT2D eigenvalue weighted by Crippen LogP contribution is -2.48. The van der Waals surface area contributed by atoms with Gasteiger partial charge in [0, 0.05) is 39.3 Å². The van der Waals surface area contributed by atoms with Crippen LogP contribution in [0.15, 0.2) is 36.8 Å². The summed E-state index contributed by atoms with van der Waals surface area (Å²) in [5, 5.41) is 5.39. The van der Waals surface area contributed by atoms with Crippen LogP contribution in [0, 0.1) is 0 Å². The Morgan fingerprint density at radius 1 is 1.04 bits per heavy atom. The number of aryl methyl sites for hydroxylation is 2. The van der Waals surface area contributed by atoms with Crippen LogP contribution in [0.1, 0.15) is 30.0 Å². The lowest BCUT2D eigenvalue weighted by atomic mass is 9.86. The van der Waals surface area contributed by atoms with Gasteiger partial charge in [0.05, 0.1) is 11.6 Å². The molecule has 1 saturated heterocycles. The maximum Gasteiger partial charge on any atom is 0.163 e. The summed E-state index contributed by atoms with van der Waals surface area (Å²) in [4.78, 5) is 14.0. The molecule has 0 spiro atoms. The molecule has 3 heterocycles. The average Bonchev–Trinajstić information content (AvgIpc) is 3.09. The Hall–Kier alpha value is -2.47. The lowest BCUT2D eigenvalue weighted by molar-refractivity contribution is 0.168. The van der Waals surface area contributed by atoms with Gasteiger partial charge in [0.15, 0.2) is 5.65 Å². The Morgan fingerprint density at radius 3 is 2.77 bits per heavy atom. The highest BCUT2D eigenvalue weighted by Gasteiger charge is 2.29. The monoisotopic (exact) mass is 348 g/mol. The Labute approximate surface area is 153 Å². The number of rotatable bonds is 2. The predicted molar refractivity (Wildman–Crippen MR) is 102 cm³/mol. The van der Waals surface area contributed by atoms with Gasteiger partial charge >= 0.3 is 0 Å². The van der Waals surface area contributed by atoms with E-state index in [2.05, 4.69) is 49.1 Å². The van der Waals surface area contributed by atoms with Crippen LogP contribution in [-0.4, -0.2) is 50.8 Å². The quantitative estimate of drug-likeness (QED) is 0.712. The van der Waals surface area contributed by atoms with E-state index < -0.39 is 0 Å². The van der Waals surface area contributed by atoms with Crippen LogP contribution in [0.4, 0.5) is 5.82 Å². The molecule has 2 aliphatic rings. The molecule has 5 rings (SSSR count). The van der Waals surface area contributed by atoms with Crippen molar-refractivity contribution >= 4 is 16.9 Å². The largest absolute Gasteiger partial charge is 0.353 e. The number of hydrogen-bond acceptors (Lipinski definition) is 5. The summed E-state index contributed by atoms with van der Waals surface area (Å²) < 4.78 is 1.82. The highest BCUT2D eigenvalue weighted by Crippen LogP contribution is 2.35. The van der Waals surface area contributed by atoms with Crippen LogP contribution >= 0.6 is 0 Å². The first-order valence-electron chi connectivity index (χ1n) is 9.51. The number of nitrogens with zero attached hydrogens (tertiary/aromatic N) is 6. The maximum absolute atomic E-state index is 4.56. The summed E-state index contributed by atoms with van der Waals surface area (Å²) in [6.45, 7) is 4.15. The minimum absolute atomic E-state index is 0.575. The second kappa shape index (κ2) is 6.36. The first-order valence-corrected chi connectivity index (χ1v) is 9.51. The first-order chi connectivity index (χ1) is 12.8. The van der Waals surface area contributed by atoms with Gasteiger partial charge in [0.25, 0.3) is 0 Å². The summed E-state index contributed by atoms with van der Waals surface area (Å²) >= 11 is 0. The number of hydrogen-bond donors (Lipinski definition) is 0. The molecule has 26 heavy (non-hydrogen) atoms. The van der Waals surface area contributed by atoms with Gasteiger partial charge in [0.2, 0.25) is 0 Å². The van der Waals surface area contributed by atoms with Crippen molar-refractivity contribution in [2.75, 3.05) is 31.1 Å². The fourth-order valence-electron chi connectivity index (χ4n) is 4.55. The van der Waals surface area contributed by atoms with Crippen LogP contribution in [-0.2, 0) is 13.5 Å². The smallest absolute Gasteiger partial charge is 0.163 e. The number of benzene rings is 1. The van der Waals surface area contributed by atoms with Crippen LogP contribution < -0.4 is 4.90 Å². The van der Waals surface area contributed by atoms with E-state index in [-0.39, 0.29) is 0 Å². The second-order valence-electron chi connectivity index (χ2n) is 7.33. The third-order valence-electron chi connectivity index (χ3n) is 5.90. The first kappa shape index (κ1) is 15.8. The van der Waals surface area contributed by atoms with Crippen molar-refractivity contribution < 1.29 is 0 Å². The highest BCUT2D eigenvalue weighted by atomic mass is 15.3. The number of fused-ring (bicyclic) bond motifs is 2. The maximum atomic E-state index is 4.56. The van der Waals surface area contributed by atoms with E-state index in [9.17, 15) is 0 Å². The molecule has 3 aromatic rings. The normalized spacial score (nSPS) is 21.1. The number of aromatic nitrogens is 4. The molecule has 1 aromatic carbocycles. The molecule has 1 atom stereocenters. The molecular formula is C20H24N6. The molecule has 6 nitrogen and oxygen atoms in total. The molecule has 1 aliphatic carbocycles.